The topological polar surface area (TPSA) is 75.9 Å². The molecule has 0 aliphatic carbocycles. The molecule has 0 spiro atoms. The minimum absolute atomic E-state index is 0.146. The lowest BCUT2D eigenvalue weighted by Gasteiger charge is -2.27. The first-order chi connectivity index (χ1) is 12.6. The first kappa shape index (κ1) is 16.8. The highest BCUT2D eigenvalue weighted by atomic mass is 32.2. The van der Waals surface area contributed by atoms with Crippen molar-refractivity contribution < 1.29 is 4.79 Å². The molecule has 134 valence electrons. The van der Waals surface area contributed by atoms with E-state index in [1.807, 2.05) is 56.2 Å². The van der Waals surface area contributed by atoms with Crippen LogP contribution in [0.15, 0.2) is 30.5 Å². The second-order valence-electron chi connectivity index (χ2n) is 6.28. The third-order valence-electron chi connectivity index (χ3n) is 4.38. The predicted octanol–water partition coefficient (Wildman–Crippen LogP) is 2.48. The van der Waals surface area contributed by atoms with E-state index in [9.17, 15) is 4.79 Å². The molecule has 0 unspecified atom stereocenters. The highest BCUT2D eigenvalue weighted by Crippen LogP contribution is 2.26. The molecule has 8 heteroatoms. The summed E-state index contributed by atoms with van der Waals surface area (Å²) in [6, 6.07) is 7.65. The van der Waals surface area contributed by atoms with Gasteiger partial charge in [0, 0.05) is 43.5 Å². The second-order valence-corrected chi connectivity index (χ2v) is 7.50. The van der Waals surface area contributed by atoms with Crippen LogP contribution in [-0.2, 0) is 7.05 Å². The van der Waals surface area contributed by atoms with Gasteiger partial charge in [0.05, 0.1) is 5.39 Å². The smallest absolute Gasteiger partial charge is 0.293 e. The Balaban J connectivity index is 1.72. The number of benzene rings is 1. The fourth-order valence-corrected chi connectivity index (χ4v) is 3.92. The summed E-state index contributed by atoms with van der Waals surface area (Å²) >= 11 is 1.93. The largest absolute Gasteiger partial charge is 0.354 e. The van der Waals surface area contributed by atoms with Crippen LogP contribution in [0.4, 0.5) is 11.5 Å². The molecule has 0 saturated carbocycles. The van der Waals surface area contributed by atoms with Gasteiger partial charge < -0.3 is 10.2 Å². The molecule has 1 fully saturated rings. The fraction of sp³-hybridized carbons (Fsp3) is 0.333. The van der Waals surface area contributed by atoms with Crippen molar-refractivity contribution in [3.8, 4) is 0 Å². The van der Waals surface area contributed by atoms with Crippen molar-refractivity contribution in [2.24, 2.45) is 7.05 Å². The van der Waals surface area contributed by atoms with Gasteiger partial charge in [0.1, 0.15) is 5.82 Å². The van der Waals surface area contributed by atoms with E-state index in [-0.39, 0.29) is 11.7 Å². The zero-order valence-corrected chi connectivity index (χ0v) is 15.6. The summed E-state index contributed by atoms with van der Waals surface area (Å²) in [6.45, 7) is 3.77. The second kappa shape index (κ2) is 6.95. The highest BCUT2D eigenvalue weighted by molar-refractivity contribution is 7.99. The number of nitrogens with zero attached hydrogens (tertiary/aromatic N) is 5. The Morgan fingerprint density at radius 1 is 1.19 bits per heavy atom. The maximum absolute atomic E-state index is 12.8. The molecule has 0 bridgehead atoms. The number of hydrogen-bond acceptors (Lipinski definition) is 6. The van der Waals surface area contributed by atoms with Crippen molar-refractivity contribution in [2.45, 2.75) is 6.92 Å². The van der Waals surface area contributed by atoms with Crippen LogP contribution in [0.5, 0.6) is 0 Å². The van der Waals surface area contributed by atoms with Crippen LogP contribution in [0.25, 0.3) is 11.0 Å². The number of aryl methyl sites for hydroxylation is 2. The van der Waals surface area contributed by atoms with Gasteiger partial charge in [0.2, 0.25) is 5.82 Å². The first-order valence-electron chi connectivity index (χ1n) is 8.53. The molecule has 4 rings (SSSR count). The standard InChI is InChI=1S/C18H20N6OS/c1-12-5-3-4-6-14(12)19-18(25)16-20-15-13(11-23(2)22-15)17(21-16)24-7-9-26-10-8-24/h3-6,11H,7-10H2,1-2H3,(H,19,25). The number of fused-ring (bicyclic) bond motifs is 1. The van der Waals surface area contributed by atoms with E-state index in [4.69, 9.17) is 0 Å². The number of anilines is 2. The number of aromatic nitrogens is 4. The van der Waals surface area contributed by atoms with Crippen molar-refractivity contribution in [1.82, 2.24) is 19.7 Å². The summed E-state index contributed by atoms with van der Waals surface area (Å²) in [5.74, 6) is 2.72. The molecule has 3 heterocycles. The molecule has 1 amide bonds. The maximum atomic E-state index is 12.8. The first-order valence-corrected chi connectivity index (χ1v) is 9.68. The molecule has 1 aliphatic heterocycles. The SMILES string of the molecule is Cc1ccccc1NC(=O)c1nc(N2CCSCC2)c2cn(C)nc2n1. The number of carbonyl (C=O) groups is 1. The van der Waals surface area contributed by atoms with Crippen molar-refractivity contribution in [1.29, 1.82) is 0 Å². The van der Waals surface area contributed by atoms with Crippen LogP contribution in [0.1, 0.15) is 16.2 Å². The monoisotopic (exact) mass is 368 g/mol. The van der Waals surface area contributed by atoms with Gasteiger partial charge in [0.15, 0.2) is 5.65 Å². The van der Waals surface area contributed by atoms with Crippen molar-refractivity contribution in [2.75, 3.05) is 34.8 Å². The lowest BCUT2D eigenvalue weighted by atomic mass is 10.2. The van der Waals surface area contributed by atoms with Crippen LogP contribution < -0.4 is 10.2 Å². The van der Waals surface area contributed by atoms with Crippen LogP contribution in [0.3, 0.4) is 0 Å². The van der Waals surface area contributed by atoms with E-state index in [0.717, 1.165) is 47.1 Å². The quantitative estimate of drug-likeness (QED) is 0.765. The minimum Gasteiger partial charge on any atom is -0.354 e. The Bertz CT molecular complexity index is 963. The Hall–Kier alpha value is -2.61. The van der Waals surface area contributed by atoms with Gasteiger partial charge in [-0.15, -0.1) is 0 Å². The van der Waals surface area contributed by atoms with E-state index in [2.05, 4.69) is 25.3 Å². The summed E-state index contributed by atoms with van der Waals surface area (Å²) < 4.78 is 1.71. The predicted molar refractivity (Wildman–Crippen MR) is 105 cm³/mol. The van der Waals surface area contributed by atoms with Gasteiger partial charge in [-0.05, 0) is 18.6 Å². The van der Waals surface area contributed by atoms with Gasteiger partial charge in [-0.3, -0.25) is 9.48 Å². The molecular formula is C18H20N6OS. The number of amides is 1. The fourth-order valence-electron chi connectivity index (χ4n) is 3.01. The average Bonchev–Trinajstić information content (AvgIpc) is 3.03. The number of carbonyl (C=O) groups excluding carboxylic acids is 1. The molecule has 3 aromatic rings. The van der Waals surface area contributed by atoms with E-state index >= 15 is 0 Å². The Labute approximate surface area is 155 Å². The summed E-state index contributed by atoms with van der Waals surface area (Å²) in [4.78, 5) is 24.0. The molecular weight excluding hydrogens is 348 g/mol. The number of nitrogens with one attached hydrogen (secondary N) is 1. The molecule has 0 radical (unpaired) electrons. The van der Waals surface area contributed by atoms with E-state index in [1.54, 1.807) is 4.68 Å². The Kier molecular flexibility index (Phi) is 4.50. The summed E-state index contributed by atoms with van der Waals surface area (Å²) in [5, 5.41) is 8.18. The number of para-hydroxylation sites is 1. The molecule has 1 aromatic carbocycles. The van der Waals surface area contributed by atoms with E-state index in [1.165, 1.54) is 0 Å². The highest BCUT2D eigenvalue weighted by Gasteiger charge is 2.21. The van der Waals surface area contributed by atoms with Gasteiger partial charge in [0.25, 0.3) is 5.91 Å². The number of thioether (sulfide) groups is 1. The van der Waals surface area contributed by atoms with E-state index < -0.39 is 0 Å². The van der Waals surface area contributed by atoms with Gasteiger partial charge in [-0.25, -0.2) is 9.97 Å². The molecule has 26 heavy (non-hydrogen) atoms. The molecule has 1 N–H and O–H groups in total. The third-order valence-corrected chi connectivity index (χ3v) is 5.32. The minimum atomic E-state index is -0.320. The number of rotatable bonds is 3. The van der Waals surface area contributed by atoms with Crippen molar-refractivity contribution in [3.63, 3.8) is 0 Å². The maximum Gasteiger partial charge on any atom is 0.293 e. The Morgan fingerprint density at radius 2 is 1.96 bits per heavy atom. The third kappa shape index (κ3) is 3.24. The molecule has 0 atom stereocenters. The lowest BCUT2D eigenvalue weighted by Crippen LogP contribution is -2.34. The summed E-state index contributed by atoms with van der Waals surface area (Å²) in [6.07, 6.45) is 1.91. The van der Waals surface area contributed by atoms with Crippen LogP contribution in [-0.4, -0.2) is 50.3 Å². The van der Waals surface area contributed by atoms with Crippen LogP contribution in [0.2, 0.25) is 0 Å². The van der Waals surface area contributed by atoms with Crippen LogP contribution >= 0.6 is 11.8 Å². The van der Waals surface area contributed by atoms with Crippen molar-refractivity contribution in [3.05, 3.63) is 41.9 Å². The molecule has 7 nitrogen and oxygen atoms in total. The Morgan fingerprint density at radius 3 is 2.73 bits per heavy atom. The molecule has 1 saturated heterocycles. The zero-order valence-electron chi connectivity index (χ0n) is 14.8. The van der Waals surface area contributed by atoms with Gasteiger partial charge >= 0.3 is 0 Å². The lowest BCUT2D eigenvalue weighted by molar-refractivity contribution is 0.101. The summed E-state index contributed by atoms with van der Waals surface area (Å²) in [7, 11) is 1.85. The van der Waals surface area contributed by atoms with E-state index in [0.29, 0.717) is 5.65 Å². The number of hydrogen-bond donors (Lipinski definition) is 1. The zero-order chi connectivity index (χ0) is 18.1. The van der Waals surface area contributed by atoms with Crippen LogP contribution in [0, 0.1) is 6.92 Å². The molecule has 1 aliphatic rings. The molecule has 2 aromatic heterocycles. The average molecular weight is 368 g/mol. The van der Waals surface area contributed by atoms with Gasteiger partial charge in [-0.2, -0.15) is 16.9 Å². The van der Waals surface area contributed by atoms with Gasteiger partial charge in [-0.1, -0.05) is 18.2 Å². The summed E-state index contributed by atoms with van der Waals surface area (Å²) in [5.41, 5.74) is 2.30. The van der Waals surface area contributed by atoms with Crippen molar-refractivity contribution >= 4 is 40.2 Å². The normalized spacial score (nSPS) is 14.6.